The molecule has 0 radical (unpaired) electrons. The van der Waals surface area contributed by atoms with E-state index in [4.69, 9.17) is 5.11 Å². The van der Waals surface area contributed by atoms with E-state index in [-0.39, 0.29) is 21.7 Å². The minimum Gasteiger partial charge on any atom is -0.392 e. The molecule has 106 valence electrons. The van der Waals surface area contributed by atoms with Gasteiger partial charge in [-0.25, -0.2) is 12.8 Å². The Morgan fingerprint density at radius 3 is 2.70 bits per heavy atom. The van der Waals surface area contributed by atoms with Crippen LogP contribution in [0.2, 0.25) is 0 Å². The van der Waals surface area contributed by atoms with Crippen molar-refractivity contribution in [2.24, 2.45) is 0 Å². The summed E-state index contributed by atoms with van der Waals surface area (Å²) in [4.78, 5) is 3.49. The number of pyridine rings is 1. The summed E-state index contributed by atoms with van der Waals surface area (Å²) in [7, 11) is -3.94. The third kappa shape index (κ3) is 3.14. The normalized spacial score (nSPS) is 11.3. The number of benzene rings is 1. The maximum atomic E-state index is 13.4. The van der Waals surface area contributed by atoms with Crippen molar-refractivity contribution in [3.63, 3.8) is 0 Å². The second-order valence-electron chi connectivity index (χ2n) is 3.88. The van der Waals surface area contributed by atoms with Crippen LogP contribution in [0.5, 0.6) is 0 Å². The maximum Gasteiger partial charge on any atom is 0.263 e. The molecule has 0 atom stereocenters. The van der Waals surface area contributed by atoms with Gasteiger partial charge in [-0.2, -0.15) is 0 Å². The van der Waals surface area contributed by atoms with Gasteiger partial charge in [0.15, 0.2) is 5.82 Å². The fourth-order valence-electron chi connectivity index (χ4n) is 1.52. The van der Waals surface area contributed by atoms with Gasteiger partial charge in [0.1, 0.15) is 4.90 Å². The molecule has 2 rings (SSSR count). The molecule has 0 aliphatic carbocycles. The predicted molar refractivity (Wildman–Crippen MR) is 75.1 cm³/mol. The number of sulfonamides is 1. The molecule has 0 aliphatic rings. The summed E-state index contributed by atoms with van der Waals surface area (Å²) < 4.78 is 40.2. The molecular formula is C12H10BrFN2O3S. The van der Waals surface area contributed by atoms with Gasteiger partial charge >= 0.3 is 0 Å². The number of hydrogen-bond acceptors (Lipinski definition) is 4. The monoisotopic (exact) mass is 360 g/mol. The average Bonchev–Trinajstić information content (AvgIpc) is 2.40. The zero-order valence-electron chi connectivity index (χ0n) is 10.0. The van der Waals surface area contributed by atoms with Crippen molar-refractivity contribution in [3.8, 4) is 0 Å². The first-order valence-corrected chi connectivity index (χ1v) is 7.73. The zero-order chi connectivity index (χ0) is 14.8. The highest BCUT2D eigenvalue weighted by atomic mass is 79.9. The van der Waals surface area contributed by atoms with Crippen molar-refractivity contribution in [3.05, 3.63) is 52.5 Å². The molecule has 0 unspecified atom stereocenters. The van der Waals surface area contributed by atoms with Crippen molar-refractivity contribution < 1.29 is 17.9 Å². The highest BCUT2D eigenvalue weighted by Crippen LogP contribution is 2.26. The summed E-state index contributed by atoms with van der Waals surface area (Å²) >= 11 is 3.12. The lowest BCUT2D eigenvalue weighted by atomic mass is 10.2. The number of anilines is 1. The van der Waals surface area contributed by atoms with Crippen LogP contribution in [0.25, 0.3) is 0 Å². The highest BCUT2D eigenvalue weighted by Gasteiger charge is 2.19. The summed E-state index contributed by atoms with van der Waals surface area (Å²) in [5.41, 5.74) is 0.379. The molecule has 0 amide bonds. The predicted octanol–water partition coefficient (Wildman–Crippen LogP) is 2.28. The van der Waals surface area contributed by atoms with Gasteiger partial charge in [0.2, 0.25) is 0 Å². The number of nitrogens with one attached hydrogen (secondary N) is 1. The molecule has 1 aromatic heterocycles. The van der Waals surface area contributed by atoms with Gasteiger partial charge in [-0.3, -0.25) is 9.71 Å². The van der Waals surface area contributed by atoms with Gasteiger partial charge in [-0.1, -0.05) is 6.07 Å². The summed E-state index contributed by atoms with van der Waals surface area (Å²) in [5.74, 6) is -0.765. The van der Waals surface area contributed by atoms with Crippen LogP contribution in [-0.2, 0) is 16.6 Å². The Balaban J connectivity index is 2.39. The highest BCUT2D eigenvalue weighted by molar-refractivity contribution is 9.10. The SMILES string of the molecule is O=S(=O)(Nc1ccncc1F)c1ccc(CO)cc1Br. The molecule has 0 saturated carbocycles. The minimum absolute atomic E-state index is 0.0501. The fourth-order valence-corrected chi connectivity index (χ4v) is 3.71. The van der Waals surface area contributed by atoms with Crippen LogP contribution in [-0.4, -0.2) is 18.5 Å². The van der Waals surface area contributed by atoms with Gasteiger partial charge in [0, 0.05) is 10.7 Å². The van der Waals surface area contributed by atoms with Crippen LogP contribution >= 0.6 is 15.9 Å². The number of rotatable bonds is 4. The third-order valence-corrected chi connectivity index (χ3v) is 4.83. The second kappa shape index (κ2) is 5.86. The van der Waals surface area contributed by atoms with E-state index in [1.807, 2.05) is 0 Å². The topological polar surface area (TPSA) is 79.3 Å². The Labute approximate surface area is 123 Å². The summed E-state index contributed by atoms with van der Waals surface area (Å²) in [6, 6.07) is 5.51. The van der Waals surface area contributed by atoms with E-state index in [2.05, 4.69) is 25.6 Å². The summed E-state index contributed by atoms with van der Waals surface area (Å²) in [6.07, 6.45) is 2.20. The standard InChI is InChI=1S/C12H10BrFN2O3S/c13-9-5-8(7-17)1-2-12(9)20(18,19)16-11-3-4-15-6-10(11)14/h1-6,17H,7H2,(H,15,16). The molecule has 0 aliphatic heterocycles. The molecule has 2 N–H and O–H groups in total. The van der Waals surface area contributed by atoms with E-state index in [0.717, 1.165) is 6.20 Å². The van der Waals surface area contributed by atoms with Crippen LogP contribution in [0, 0.1) is 5.82 Å². The second-order valence-corrected chi connectivity index (χ2v) is 6.39. The largest absolute Gasteiger partial charge is 0.392 e. The van der Waals surface area contributed by atoms with Crippen molar-refractivity contribution >= 4 is 31.6 Å². The fraction of sp³-hybridized carbons (Fsp3) is 0.0833. The lowest BCUT2D eigenvalue weighted by Crippen LogP contribution is -2.14. The van der Waals surface area contributed by atoms with E-state index in [1.165, 1.54) is 30.5 Å². The number of nitrogens with zero attached hydrogens (tertiary/aromatic N) is 1. The zero-order valence-corrected chi connectivity index (χ0v) is 12.4. The molecule has 8 heteroatoms. The van der Waals surface area contributed by atoms with E-state index >= 15 is 0 Å². The Bertz CT molecular complexity index is 737. The van der Waals surface area contributed by atoms with E-state index in [1.54, 1.807) is 0 Å². The summed E-state index contributed by atoms with van der Waals surface area (Å²) in [5, 5.41) is 8.98. The van der Waals surface area contributed by atoms with Gasteiger partial charge in [0.25, 0.3) is 10.0 Å². The van der Waals surface area contributed by atoms with Gasteiger partial charge in [-0.05, 0) is 39.7 Å². The van der Waals surface area contributed by atoms with Crippen LogP contribution in [0.15, 0.2) is 46.0 Å². The Morgan fingerprint density at radius 2 is 2.10 bits per heavy atom. The molecule has 0 bridgehead atoms. The Kier molecular flexibility index (Phi) is 4.36. The first-order chi connectivity index (χ1) is 9.44. The van der Waals surface area contributed by atoms with Gasteiger partial charge < -0.3 is 5.11 Å². The summed E-state index contributed by atoms with van der Waals surface area (Å²) in [6.45, 7) is -0.203. The van der Waals surface area contributed by atoms with Gasteiger partial charge in [0.05, 0.1) is 18.5 Å². The first-order valence-electron chi connectivity index (χ1n) is 5.45. The smallest absolute Gasteiger partial charge is 0.263 e. The van der Waals surface area contributed by atoms with E-state index < -0.39 is 15.8 Å². The van der Waals surface area contributed by atoms with E-state index in [0.29, 0.717) is 5.56 Å². The molecule has 2 aromatic rings. The molecule has 1 heterocycles. The first kappa shape index (κ1) is 14.9. The molecule has 1 aromatic carbocycles. The van der Waals surface area contributed by atoms with E-state index in [9.17, 15) is 12.8 Å². The van der Waals surface area contributed by atoms with Crippen molar-refractivity contribution in [2.45, 2.75) is 11.5 Å². The number of aliphatic hydroxyl groups excluding tert-OH is 1. The van der Waals surface area contributed by atoms with Crippen molar-refractivity contribution in [2.75, 3.05) is 4.72 Å². The van der Waals surface area contributed by atoms with Crippen LogP contribution in [0.1, 0.15) is 5.56 Å². The van der Waals surface area contributed by atoms with Crippen molar-refractivity contribution in [1.29, 1.82) is 0 Å². The van der Waals surface area contributed by atoms with Crippen LogP contribution in [0.3, 0.4) is 0 Å². The Hall–Kier alpha value is -1.51. The molecular weight excluding hydrogens is 351 g/mol. The average molecular weight is 361 g/mol. The number of aromatic nitrogens is 1. The molecule has 20 heavy (non-hydrogen) atoms. The number of aliphatic hydroxyl groups is 1. The minimum atomic E-state index is -3.94. The Morgan fingerprint density at radius 1 is 1.35 bits per heavy atom. The maximum absolute atomic E-state index is 13.4. The molecule has 0 saturated heterocycles. The number of halogens is 2. The lowest BCUT2D eigenvalue weighted by molar-refractivity contribution is 0.281. The lowest BCUT2D eigenvalue weighted by Gasteiger charge is -2.10. The molecule has 0 spiro atoms. The molecule has 0 fully saturated rings. The van der Waals surface area contributed by atoms with Gasteiger partial charge in [-0.15, -0.1) is 0 Å². The molecule has 5 nitrogen and oxygen atoms in total. The van der Waals surface area contributed by atoms with Crippen molar-refractivity contribution in [1.82, 2.24) is 4.98 Å². The number of hydrogen-bond donors (Lipinski definition) is 2. The van der Waals surface area contributed by atoms with Crippen LogP contribution in [0.4, 0.5) is 10.1 Å². The van der Waals surface area contributed by atoms with Crippen LogP contribution < -0.4 is 4.72 Å². The third-order valence-electron chi connectivity index (χ3n) is 2.49. The quantitative estimate of drug-likeness (QED) is 0.876.